The number of carbonyl (C=O) groups excluding carboxylic acids is 2. The number of amides is 2. The van der Waals surface area contributed by atoms with Gasteiger partial charge in [-0.1, -0.05) is 35.8 Å². The van der Waals surface area contributed by atoms with Crippen LogP contribution in [-0.4, -0.2) is 65.7 Å². The van der Waals surface area contributed by atoms with Crippen molar-refractivity contribution in [2.24, 2.45) is 5.92 Å². The maximum Gasteiger partial charge on any atom is 0.276 e. The summed E-state index contributed by atoms with van der Waals surface area (Å²) in [4.78, 5) is 29.6. The number of hydrogen-bond acceptors (Lipinski definition) is 5. The zero-order chi connectivity index (χ0) is 22.5. The van der Waals surface area contributed by atoms with Gasteiger partial charge in [-0.05, 0) is 43.7 Å². The van der Waals surface area contributed by atoms with Crippen LogP contribution in [0.3, 0.4) is 0 Å². The maximum absolute atomic E-state index is 13.3. The van der Waals surface area contributed by atoms with Gasteiger partial charge in [-0.2, -0.15) is 0 Å². The molecule has 1 atom stereocenters. The smallest absolute Gasteiger partial charge is 0.276 e. The van der Waals surface area contributed by atoms with Gasteiger partial charge in [-0.15, -0.1) is 0 Å². The zero-order valence-corrected chi connectivity index (χ0v) is 19.2. The van der Waals surface area contributed by atoms with E-state index in [-0.39, 0.29) is 23.6 Å². The van der Waals surface area contributed by atoms with Gasteiger partial charge in [-0.3, -0.25) is 9.59 Å². The molecule has 1 aromatic carbocycles. The topological polar surface area (TPSA) is 75.9 Å². The molecule has 2 amide bonds. The van der Waals surface area contributed by atoms with Crippen molar-refractivity contribution in [1.82, 2.24) is 15.0 Å². The van der Waals surface area contributed by atoms with Gasteiger partial charge in [0.15, 0.2) is 11.5 Å². The SMILES string of the molecule is CC1CCN(C(=O)CCN(CC2CCCO2)C(=O)c2cc(-c3ccccc3Cl)on2)CC1. The molecule has 4 rings (SSSR count). The molecule has 2 saturated heterocycles. The molecule has 8 heteroatoms. The van der Waals surface area contributed by atoms with E-state index in [9.17, 15) is 9.59 Å². The van der Waals surface area contributed by atoms with Gasteiger partial charge in [0, 0.05) is 50.8 Å². The molecule has 32 heavy (non-hydrogen) atoms. The Bertz CT molecular complexity index is 933. The van der Waals surface area contributed by atoms with E-state index in [0.29, 0.717) is 48.4 Å². The molecule has 0 N–H and O–H groups in total. The van der Waals surface area contributed by atoms with Crippen LogP contribution in [-0.2, 0) is 9.53 Å². The fourth-order valence-corrected chi connectivity index (χ4v) is 4.51. The standard InChI is InChI=1S/C24H30ClN3O4/c1-17-8-11-27(12-9-17)23(29)10-13-28(16-18-5-4-14-31-18)24(30)21-15-22(32-26-21)19-6-2-3-7-20(19)25/h2-3,6-7,15,17-18H,4-5,8-14,16H2,1H3. The highest BCUT2D eigenvalue weighted by Crippen LogP contribution is 2.28. The van der Waals surface area contributed by atoms with E-state index in [1.54, 1.807) is 17.0 Å². The van der Waals surface area contributed by atoms with Crippen molar-refractivity contribution in [2.45, 2.75) is 45.1 Å². The first-order chi connectivity index (χ1) is 15.5. The summed E-state index contributed by atoms with van der Waals surface area (Å²) in [6, 6.07) is 8.87. The predicted molar refractivity (Wildman–Crippen MR) is 121 cm³/mol. The number of likely N-dealkylation sites (tertiary alicyclic amines) is 1. The van der Waals surface area contributed by atoms with Crippen LogP contribution in [0.2, 0.25) is 5.02 Å². The summed E-state index contributed by atoms with van der Waals surface area (Å²) in [5.74, 6) is 0.937. The summed E-state index contributed by atoms with van der Waals surface area (Å²) in [6.07, 6.45) is 4.24. The highest BCUT2D eigenvalue weighted by molar-refractivity contribution is 6.33. The number of benzene rings is 1. The summed E-state index contributed by atoms with van der Waals surface area (Å²) in [6.45, 7) is 5.29. The Labute approximate surface area is 193 Å². The Morgan fingerprint density at radius 2 is 2.00 bits per heavy atom. The monoisotopic (exact) mass is 459 g/mol. The number of ether oxygens (including phenoxy) is 1. The van der Waals surface area contributed by atoms with Crippen molar-refractivity contribution in [3.8, 4) is 11.3 Å². The van der Waals surface area contributed by atoms with Gasteiger partial charge >= 0.3 is 0 Å². The van der Waals surface area contributed by atoms with Gasteiger partial charge in [0.2, 0.25) is 5.91 Å². The quantitative estimate of drug-likeness (QED) is 0.618. The largest absolute Gasteiger partial charge is 0.376 e. The number of hydrogen-bond donors (Lipinski definition) is 0. The minimum atomic E-state index is -0.261. The molecular formula is C24H30ClN3O4. The molecule has 0 bridgehead atoms. The van der Waals surface area contributed by atoms with Crippen molar-refractivity contribution in [3.63, 3.8) is 0 Å². The van der Waals surface area contributed by atoms with Crippen LogP contribution < -0.4 is 0 Å². The molecular weight excluding hydrogens is 430 g/mol. The van der Waals surface area contributed by atoms with E-state index in [0.717, 1.165) is 38.8 Å². The molecule has 7 nitrogen and oxygen atoms in total. The number of rotatable bonds is 7. The lowest BCUT2D eigenvalue weighted by molar-refractivity contribution is -0.132. The molecule has 0 radical (unpaired) electrons. The molecule has 0 saturated carbocycles. The minimum absolute atomic E-state index is 0.0140. The number of nitrogens with zero attached hydrogens (tertiary/aromatic N) is 3. The molecule has 2 aliphatic rings. The third kappa shape index (κ3) is 5.51. The van der Waals surface area contributed by atoms with Crippen LogP contribution in [0.4, 0.5) is 0 Å². The molecule has 0 aliphatic carbocycles. The lowest BCUT2D eigenvalue weighted by atomic mass is 9.99. The van der Waals surface area contributed by atoms with Crippen LogP contribution in [0.1, 0.15) is 49.5 Å². The summed E-state index contributed by atoms with van der Waals surface area (Å²) in [5.41, 5.74) is 0.887. The van der Waals surface area contributed by atoms with Crippen LogP contribution >= 0.6 is 11.6 Å². The summed E-state index contributed by atoms with van der Waals surface area (Å²) in [7, 11) is 0. The van der Waals surface area contributed by atoms with E-state index >= 15 is 0 Å². The molecule has 2 aromatic rings. The second-order valence-electron chi connectivity index (χ2n) is 8.76. The Kier molecular flexibility index (Phi) is 7.48. The van der Waals surface area contributed by atoms with E-state index in [2.05, 4.69) is 12.1 Å². The molecule has 2 fully saturated rings. The highest BCUT2D eigenvalue weighted by Gasteiger charge is 2.28. The summed E-state index contributed by atoms with van der Waals surface area (Å²) < 4.78 is 11.2. The maximum atomic E-state index is 13.3. The molecule has 172 valence electrons. The van der Waals surface area contributed by atoms with Crippen molar-refractivity contribution in [1.29, 1.82) is 0 Å². The number of piperidine rings is 1. The van der Waals surface area contributed by atoms with Gasteiger partial charge in [0.05, 0.1) is 11.1 Å². The van der Waals surface area contributed by atoms with E-state index in [1.165, 1.54) is 0 Å². The fourth-order valence-electron chi connectivity index (χ4n) is 4.28. The zero-order valence-electron chi connectivity index (χ0n) is 18.5. The van der Waals surface area contributed by atoms with Crippen LogP contribution in [0, 0.1) is 5.92 Å². The molecule has 0 spiro atoms. The number of carbonyl (C=O) groups is 2. The lowest BCUT2D eigenvalue weighted by Gasteiger charge is -2.31. The fraction of sp³-hybridized carbons (Fsp3) is 0.542. The Balaban J connectivity index is 1.44. The Hall–Kier alpha value is -2.38. The van der Waals surface area contributed by atoms with E-state index < -0.39 is 0 Å². The van der Waals surface area contributed by atoms with E-state index in [1.807, 2.05) is 23.1 Å². The average molecular weight is 460 g/mol. The summed E-state index contributed by atoms with van der Waals surface area (Å²) in [5, 5.41) is 4.52. The molecule has 2 aliphatic heterocycles. The van der Waals surface area contributed by atoms with Gasteiger partial charge in [-0.25, -0.2) is 0 Å². The first-order valence-corrected chi connectivity index (χ1v) is 11.8. The van der Waals surface area contributed by atoms with Gasteiger partial charge in [0.25, 0.3) is 5.91 Å². The average Bonchev–Trinajstić information content (AvgIpc) is 3.49. The predicted octanol–water partition coefficient (Wildman–Crippen LogP) is 4.26. The first kappa shape index (κ1) is 22.8. The van der Waals surface area contributed by atoms with Crippen molar-refractivity contribution in [3.05, 3.63) is 41.0 Å². The first-order valence-electron chi connectivity index (χ1n) is 11.4. The number of aromatic nitrogens is 1. The summed E-state index contributed by atoms with van der Waals surface area (Å²) >= 11 is 6.25. The van der Waals surface area contributed by atoms with Gasteiger partial charge < -0.3 is 19.1 Å². The number of halogens is 1. The molecule has 1 unspecified atom stereocenters. The Morgan fingerprint density at radius 3 is 2.72 bits per heavy atom. The van der Waals surface area contributed by atoms with Crippen molar-refractivity contribution in [2.75, 3.05) is 32.8 Å². The second-order valence-corrected chi connectivity index (χ2v) is 9.16. The van der Waals surface area contributed by atoms with Crippen LogP contribution in [0.15, 0.2) is 34.9 Å². The van der Waals surface area contributed by atoms with Gasteiger partial charge in [0.1, 0.15) is 0 Å². The Morgan fingerprint density at radius 1 is 1.22 bits per heavy atom. The second kappa shape index (κ2) is 10.5. The lowest BCUT2D eigenvalue weighted by Crippen LogP contribution is -2.42. The van der Waals surface area contributed by atoms with Crippen molar-refractivity contribution < 1.29 is 18.8 Å². The highest BCUT2D eigenvalue weighted by atomic mass is 35.5. The molecule has 3 heterocycles. The van der Waals surface area contributed by atoms with Crippen LogP contribution in [0.25, 0.3) is 11.3 Å². The van der Waals surface area contributed by atoms with Crippen LogP contribution in [0.5, 0.6) is 0 Å². The third-order valence-corrected chi connectivity index (χ3v) is 6.67. The normalized spacial score (nSPS) is 19.3. The van der Waals surface area contributed by atoms with E-state index in [4.69, 9.17) is 20.9 Å². The minimum Gasteiger partial charge on any atom is -0.376 e. The molecule has 1 aromatic heterocycles. The van der Waals surface area contributed by atoms with Crippen molar-refractivity contribution >= 4 is 23.4 Å². The third-order valence-electron chi connectivity index (χ3n) is 6.34.